The van der Waals surface area contributed by atoms with Crippen molar-refractivity contribution in [1.82, 2.24) is 25.2 Å². The van der Waals surface area contributed by atoms with Crippen LogP contribution in [0.4, 0.5) is 0 Å². The molecule has 0 fully saturated rings. The Morgan fingerprint density at radius 2 is 1.91 bits per heavy atom. The minimum Gasteiger partial charge on any atom is -0.272 e. The van der Waals surface area contributed by atoms with Gasteiger partial charge < -0.3 is 0 Å². The Hall–Kier alpha value is -3.30. The highest BCUT2D eigenvalue weighted by atomic mass is 79.9. The van der Waals surface area contributed by atoms with Crippen LogP contribution >= 0.6 is 27.7 Å². The number of pyridine rings is 1. The molecular weight excluding hydrogens is 488 g/mol. The summed E-state index contributed by atoms with van der Waals surface area (Å²) in [6, 6.07) is 23.3. The summed E-state index contributed by atoms with van der Waals surface area (Å²) >= 11 is 4.80. The van der Waals surface area contributed by atoms with E-state index in [0.717, 1.165) is 21.4 Å². The maximum Gasteiger partial charge on any atom is 0.250 e. The summed E-state index contributed by atoms with van der Waals surface area (Å²) in [5, 5.41) is 13.3. The molecule has 0 aliphatic heterocycles. The van der Waals surface area contributed by atoms with E-state index < -0.39 is 0 Å². The van der Waals surface area contributed by atoms with Crippen molar-refractivity contribution in [2.45, 2.75) is 12.1 Å². The molecule has 9 heteroatoms. The normalized spacial score (nSPS) is 11.1. The Balaban J connectivity index is 1.50. The first-order valence-corrected chi connectivity index (χ1v) is 11.5. The predicted octanol–water partition coefficient (Wildman–Crippen LogP) is 4.64. The zero-order chi connectivity index (χ0) is 22.3. The van der Waals surface area contributed by atoms with Gasteiger partial charge in [0.2, 0.25) is 0 Å². The number of rotatable bonds is 7. The van der Waals surface area contributed by atoms with Gasteiger partial charge in [0.25, 0.3) is 5.91 Å². The van der Waals surface area contributed by atoms with Crippen molar-refractivity contribution in [1.29, 1.82) is 0 Å². The molecular formula is C23H19BrN6OS. The van der Waals surface area contributed by atoms with E-state index in [2.05, 4.69) is 41.6 Å². The van der Waals surface area contributed by atoms with E-state index in [0.29, 0.717) is 16.7 Å². The van der Waals surface area contributed by atoms with Crippen molar-refractivity contribution in [2.24, 2.45) is 5.10 Å². The first kappa shape index (κ1) is 21.9. The van der Waals surface area contributed by atoms with Crippen molar-refractivity contribution in [3.63, 3.8) is 0 Å². The molecule has 0 bridgehead atoms. The van der Waals surface area contributed by atoms with E-state index >= 15 is 0 Å². The van der Waals surface area contributed by atoms with E-state index in [1.54, 1.807) is 0 Å². The van der Waals surface area contributed by atoms with Crippen molar-refractivity contribution in [3.8, 4) is 17.1 Å². The largest absolute Gasteiger partial charge is 0.272 e. The van der Waals surface area contributed by atoms with Crippen LogP contribution in [0.1, 0.15) is 11.4 Å². The summed E-state index contributed by atoms with van der Waals surface area (Å²) in [5.74, 6) is 0.594. The molecule has 0 saturated carbocycles. The molecule has 0 aliphatic carbocycles. The van der Waals surface area contributed by atoms with Crippen LogP contribution in [0.25, 0.3) is 17.1 Å². The fourth-order valence-electron chi connectivity index (χ4n) is 2.96. The van der Waals surface area contributed by atoms with Gasteiger partial charge in [0.15, 0.2) is 11.0 Å². The Kier molecular flexibility index (Phi) is 7.08. The van der Waals surface area contributed by atoms with E-state index in [1.807, 2.05) is 84.3 Å². The molecule has 2 heterocycles. The van der Waals surface area contributed by atoms with E-state index in [9.17, 15) is 4.79 Å². The topological polar surface area (TPSA) is 85.1 Å². The second kappa shape index (κ2) is 10.3. The van der Waals surface area contributed by atoms with E-state index in [-0.39, 0.29) is 11.7 Å². The molecule has 0 atom stereocenters. The summed E-state index contributed by atoms with van der Waals surface area (Å²) in [6.45, 7) is 1.90. The monoisotopic (exact) mass is 506 g/mol. The summed E-state index contributed by atoms with van der Waals surface area (Å²) in [4.78, 5) is 16.6. The molecule has 2 aromatic heterocycles. The third-order valence-electron chi connectivity index (χ3n) is 4.36. The van der Waals surface area contributed by atoms with Gasteiger partial charge in [-0.1, -0.05) is 64.1 Å². The molecule has 160 valence electrons. The van der Waals surface area contributed by atoms with E-state index in [1.165, 1.54) is 18.0 Å². The van der Waals surface area contributed by atoms with Crippen LogP contribution in [0, 0.1) is 6.92 Å². The molecule has 4 aromatic rings. The smallest absolute Gasteiger partial charge is 0.250 e. The highest BCUT2D eigenvalue weighted by molar-refractivity contribution is 9.10. The number of thioether (sulfide) groups is 1. The lowest BCUT2D eigenvalue weighted by molar-refractivity contribution is -0.118. The molecule has 2 aromatic carbocycles. The standard InChI is InChI=1S/C23H19BrN6OS/c1-16-7-5-10-19(26-16)14-25-27-21(31)15-32-23-29-28-22(17-8-6-9-18(24)13-17)30(23)20-11-3-2-4-12-20/h2-14H,15H2,1H3,(H,27,31). The van der Waals surface area contributed by atoms with E-state index in [4.69, 9.17) is 0 Å². The second-order valence-corrected chi connectivity index (χ2v) is 8.63. The van der Waals surface area contributed by atoms with Crippen LogP contribution in [0.3, 0.4) is 0 Å². The third kappa shape index (κ3) is 5.49. The number of amides is 1. The molecule has 1 amide bonds. The summed E-state index contributed by atoms with van der Waals surface area (Å²) in [7, 11) is 0. The minimum absolute atomic E-state index is 0.141. The van der Waals surface area contributed by atoms with Crippen molar-refractivity contribution >= 4 is 39.8 Å². The third-order valence-corrected chi connectivity index (χ3v) is 5.78. The fraction of sp³-hybridized carbons (Fsp3) is 0.0870. The Bertz CT molecular complexity index is 1260. The number of nitrogens with one attached hydrogen (secondary N) is 1. The lowest BCUT2D eigenvalue weighted by atomic mass is 10.2. The molecule has 0 radical (unpaired) electrons. The molecule has 0 saturated heterocycles. The van der Waals surface area contributed by atoms with Gasteiger partial charge in [0, 0.05) is 21.4 Å². The summed E-state index contributed by atoms with van der Waals surface area (Å²) in [6.07, 6.45) is 1.52. The Labute approximate surface area is 198 Å². The lowest BCUT2D eigenvalue weighted by Crippen LogP contribution is -2.20. The molecule has 4 rings (SSSR count). The molecule has 0 spiro atoms. The maximum absolute atomic E-state index is 12.3. The molecule has 1 N–H and O–H groups in total. The Morgan fingerprint density at radius 3 is 2.69 bits per heavy atom. The van der Waals surface area contributed by atoms with Crippen LogP contribution in [0.2, 0.25) is 0 Å². The van der Waals surface area contributed by atoms with Crippen LogP contribution in [-0.2, 0) is 4.79 Å². The molecule has 0 aliphatic rings. The summed E-state index contributed by atoms with van der Waals surface area (Å²) in [5.41, 5.74) is 5.93. The van der Waals surface area contributed by atoms with Gasteiger partial charge in [-0.15, -0.1) is 10.2 Å². The highest BCUT2D eigenvalue weighted by Gasteiger charge is 2.17. The second-order valence-electron chi connectivity index (χ2n) is 6.77. The highest BCUT2D eigenvalue weighted by Crippen LogP contribution is 2.29. The van der Waals surface area contributed by atoms with Gasteiger partial charge in [-0.2, -0.15) is 5.10 Å². The number of carbonyl (C=O) groups is 1. The summed E-state index contributed by atoms with van der Waals surface area (Å²) < 4.78 is 2.90. The number of halogens is 1. The van der Waals surface area contributed by atoms with Crippen LogP contribution in [0.15, 0.2) is 87.5 Å². The van der Waals surface area contributed by atoms with Gasteiger partial charge >= 0.3 is 0 Å². The fourth-order valence-corrected chi connectivity index (χ4v) is 4.10. The number of aryl methyl sites for hydroxylation is 1. The number of hydrogen-bond acceptors (Lipinski definition) is 6. The quantitative estimate of drug-likeness (QED) is 0.224. The van der Waals surface area contributed by atoms with Crippen molar-refractivity contribution in [2.75, 3.05) is 5.75 Å². The molecule has 32 heavy (non-hydrogen) atoms. The van der Waals surface area contributed by atoms with Crippen molar-refractivity contribution in [3.05, 3.63) is 88.7 Å². The SMILES string of the molecule is Cc1cccc(C=NNC(=O)CSc2nnc(-c3cccc(Br)c3)n2-c2ccccc2)n1. The zero-order valence-electron chi connectivity index (χ0n) is 17.1. The lowest BCUT2D eigenvalue weighted by Gasteiger charge is -2.10. The van der Waals surface area contributed by atoms with Gasteiger partial charge in [0.1, 0.15) is 0 Å². The first-order chi connectivity index (χ1) is 15.6. The van der Waals surface area contributed by atoms with Gasteiger partial charge in [-0.25, -0.2) is 5.43 Å². The zero-order valence-corrected chi connectivity index (χ0v) is 19.5. The number of benzene rings is 2. The average molecular weight is 507 g/mol. The molecule has 7 nitrogen and oxygen atoms in total. The van der Waals surface area contributed by atoms with Gasteiger partial charge in [0.05, 0.1) is 17.7 Å². The first-order valence-electron chi connectivity index (χ1n) is 9.75. The molecule has 0 unspecified atom stereocenters. The maximum atomic E-state index is 12.3. The average Bonchev–Trinajstić information content (AvgIpc) is 3.22. The van der Waals surface area contributed by atoms with Crippen LogP contribution in [0.5, 0.6) is 0 Å². The van der Waals surface area contributed by atoms with Crippen LogP contribution < -0.4 is 5.43 Å². The Morgan fingerprint density at radius 1 is 1.09 bits per heavy atom. The van der Waals surface area contributed by atoms with Crippen molar-refractivity contribution < 1.29 is 4.79 Å². The van der Waals surface area contributed by atoms with Crippen LogP contribution in [-0.4, -0.2) is 37.6 Å². The number of hydrogen-bond donors (Lipinski definition) is 1. The van der Waals surface area contributed by atoms with Gasteiger partial charge in [-0.3, -0.25) is 14.3 Å². The number of para-hydroxylation sites is 1. The number of aromatic nitrogens is 4. The number of nitrogens with zero attached hydrogens (tertiary/aromatic N) is 5. The minimum atomic E-state index is -0.245. The number of carbonyl (C=O) groups excluding carboxylic acids is 1. The predicted molar refractivity (Wildman–Crippen MR) is 130 cm³/mol. The van der Waals surface area contributed by atoms with Gasteiger partial charge in [-0.05, 0) is 43.3 Å². The number of hydrazone groups is 1.